The van der Waals surface area contributed by atoms with E-state index < -0.39 is 12.3 Å². The second-order valence-electron chi connectivity index (χ2n) is 12.5. The molecule has 0 spiro atoms. The Labute approximate surface area is 294 Å². The minimum absolute atomic E-state index is 0.0482. The highest BCUT2D eigenvalue weighted by molar-refractivity contribution is 7.99. The minimum atomic E-state index is -0.969. The molecule has 0 radical (unpaired) electrons. The van der Waals surface area contributed by atoms with Crippen LogP contribution in [0.1, 0.15) is 72.6 Å². The molecule has 2 amide bonds. The number of aliphatic hydroxyl groups is 1. The van der Waals surface area contributed by atoms with E-state index in [1.54, 1.807) is 36.4 Å². The number of nitrogens with zero attached hydrogens (tertiary/aromatic N) is 1. The Balaban J connectivity index is 1.11. The molecule has 0 aliphatic carbocycles. The van der Waals surface area contributed by atoms with Crippen LogP contribution in [0.5, 0.6) is 0 Å². The Bertz CT molecular complexity index is 2010. The van der Waals surface area contributed by atoms with Gasteiger partial charge in [0.05, 0.1) is 42.0 Å². The van der Waals surface area contributed by atoms with E-state index in [1.165, 1.54) is 16.7 Å². The number of thioether (sulfide) groups is 1. The van der Waals surface area contributed by atoms with Crippen LogP contribution in [0.4, 0.5) is 0 Å². The highest BCUT2D eigenvalue weighted by Gasteiger charge is 2.39. The molecule has 7 rings (SSSR count). The number of carbonyl (C=O) groups excluding carboxylic acids is 2. The predicted octanol–water partition coefficient (Wildman–Crippen LogP) is 7.92. The second-order valence-corrected chi connectivity index (χ2v) is 13.6. The fourth-order valence-corrected chi connectivity index (χ4v) is 7.71. The molecule has 4 unspecified atom stereocenters. The van der Waals surface area contributed by atoms with Crippen LogP contribution in [-0.4, -0.2) is 44.8 Å². The number of fused-ring (bicyclic) bond motifs is 1. The van der Waals surface area contributed by atoms with Crippen molar-refractivity contribution in [2.75, 3.05) is 5.75 Å². The van der Waals surface area contributed by atoms with Crippen LogP contribution in [0, 0.1) is 5.92 Å². The smallest absolute Gasteiger partial charge is 0.336 e. The number of rotatable bonds is 10. The number of aromatic carboxylic acids is 1. The normalized spacial score (nSPS) is 20.2. The summed E-state index contributed by atoms with van der Waals surface area (Å²) in [6.07, 6.45) is -1.25. The third-order valence-electron chi connectivity index (χ3n) is 9.31. The summed E-state index contributed by atoms with van der Waals surface area (Å²) in [5, 5.41) is 19.3. The average Bonchev–Trinajstić information content (AvgIpc) is 3.39. The van der Waals surface area contributed by atoms with Crippen molar-refractivity contribution >= 4 is 29.5 Å². The molecule has 4 atom stereocenters. The summed E-state index contributed by atoms with van der Waals surface area (Å²) in [6.45, 7) is 2.21. The molecule has 1 saturated heterocycles. The van der Waals surface area contributed by atoms with Crippen LogP contribution in [0.3, 0.4) is 0 Å². The molecule has 0 saturated carbocycles. The Morgan fingerprint density at radius 1 is 0.740 bits per heavy atom. The van der Waals surface area contributed by atoms with Crippen LogP contribution in [-0.2, 0) is 22.6 Å². The summed E-state index contributed by atoms with van der Waals surface area (Å²) >= 11 is 1.46. The van der Waals surface area contributed by atoms with Gasteiger partial charge < -0.3 is 19.7 Å². The van der Waals surface area contributed by atoms with E-state index in [0.29, 0.717) is 21.8 Å². The summed E-state index contributed by atoms with van der Waals surface area (Å²) in [4.78, 5) is 39.7. The largest absolute Gasteiger partial charge is 0.478 e. The van der Waals surface area contributed by atoms with Gasteiger partial charge in [0.15, 0.2) is 6.29 Å². The van der Waals surface area contributed by atoms with Gasteiger partial charge in [0.1, 0.15) is 0 Å². The van der Waals surface area contributed by atoms with Crippen molar-refractivity contribution in [3.8, 4) is 11.1 Å². The molecule has 50 heavy (non-hydrogen) atoms. The number of aliphatic hydroxyl groups excluding tert-OH is 1. The first-order valence-corrected chi connectivity index (χ1v) is 17.4. The lowest BCUT2D eigenvalue weighted by molar-refractivity contribution is -0.268. The summed E-state index contributed by atoms with van der Waals surface area (Å²) in [7, 11) is 0. The zero-order valence-corrected chi connectivity index (χ0v) is 28.1. The SMILES string of the molecule is CC1C(CSc2ccccc2C(=O)O)OC(c2ccc(-c3cccc(CN4C(=O)c5ccccc5C4=O)c3)cc2)OC1c1ccc(CO)cc1. The second kappa shape index (κ2) is 14.4. The van der Waals surface area contributed by atoms with Gasteiger partial charge >= 0.3 is 5.97 Å². The first kappa shape index (κ1) is 33.4. The fraction of sp³-hybridized carbons (Fsp3) is 0.195. The lowest BCUT2D eigenvalue weighted by Gasteiger charge is -2.41. The van der Waals surface area contributed by atoms with Gasteiger partial charge in [-0.2, -0.15) is 0 Å². The predicted molar refractivity (Wildman–Crippen MR) is 190 cm³/mol. The van der Waals surface area contributed by atoms with Gasteiger partial charge in [-0.3, -0.25) is 14.5 Å². The van der Waals surface area contributed by atoms with Crippen molar-refractivity contribution < 1.29 is 34.1 Å². The molecular weight excluding hydrogens is 651 g/mol. The maximum atomic E-state index is 12.9. The summed E-state index contributed by atoms with van der Waals surface area (Å²) in [5.41, 5.74) is 6.47. The quantitative estimate of drug-likeness (QED) is 0.113. The Kier molecular flexibility index (Phi) is 9.65. The van der Waals surface area contributed by atoms with Gasteiger partial charge in [0.25, 0.3) is 11.8 Å². The molecule has 2 heterocycles. The van der Waals surface area contributed by atoms with Crippen molar-refractivity contribution in [3.05, 3.63) is 160 Å². The molecule has 0 bridgehead atoms. The van der Waals surface area contributed by atoms with Crippen molar-refractivity contribution in [2.45, 2.75) is 43.5 Å². The number of ether oxygens (including phenoxy) is 2. The van der Waals surface area contributed by atoms with Crippen LogP contribution >= 0.6 is 11.8 Å². The van der Waals surface area contributed by atoms with E-state index in [2.05, 4.69) is 6.92 Å². The highest BCUT2D eigenvalue weighted by Crippen LogP contribution is 2.43. The van der Waals surface area contributed by atoms with E-state index >= 15 is 0 Å². The molecule has 9 heteroatoms. The molecule has 2 aliphatic heterocycles. The molecule has 1 fully saturated rings. The highest BCUT2D eigenvalue weighted by atomic mass is 32.2. The number of carboxylic acids is 1. The average molecular weight is 686 g/mol. The summed E-state index contributed by atoms with van der Waals surface area (Å²) in [5.74, 6) is -1.07. The lowest BCUT2D eigenvalue weighted by atomic mass is 9.91. The van der Waals surface area contributed by atoms with Crippen molar-refractivity contribution in [2.24, 2.45) is 5.92 Å². The molecule has 8 nitrogen and oxygen atoms in total. The van der Waals surface area contributed by atoms with Gasteiger partial charge in [-0.05, 0) is 58.1 Å². The van der Waals surface area contributed by atoms with Gasteiger partial charge in [0, 0.05) is 22.1 Å². The standard InChI is InChI=1S/C41H35NO7S/c1-25-35(24-50-36-12-5-4-11-34(36)40(46)47)48-41(49-37(25)29-15-13-26(23-43)14-16-29)30-19-17-28(18-20-30)31-8-6-7-27(21-31)22-42-38(44)32-9-2-3-10-33(32)39(42)45/h2-21,25,35,37,41,43H,22-24H2,1H3,(H,46,47). The van der Waals surface area contributed by atoms with Crippen molar-refractivity contribution in [3.63, 3.8) is 0 Å². The molecule has 2 N–H and O–H groups in total. The number of hydrogen-bond donors (Lipinski definition) is 2. The molecule has 2 aliphatic rings. The zero-order chi connectivity index (χ0) is 34.8. The lowest BCUT2D eigenvalue weighted by Crippen LogP contribution is -2.38. The van der Waals surface area contributed by atoms with Crippen LogP contribution in [0.25, 0.3) is 11.1 Å². The number of amides is 2. The van der Waals surface area contributed by atoms with Crippen LogP contribution in [0.15, 0.2) is 126 Å². The van der Waals surface area contributed by atoms with Gasteiger partial charge in [-0.15, -0.1) is 11.8 Å². The first-order chi connectivity index (χ1) is 24.3. The number of carbonyl (C=O) groups is 3. The van der Waals surface area contributed by atoms with Crippen LogP contribution < -0.4 is 0 Å². The van der Waals surface area contributed by atoms with Crippen molar-refractivity contribution in [1.29, 1.82) is 0 Å². The maximum absolute atomic E-state index is 12.9. The third kappa shape index (κ3) is 6.73. The number of hydrogen-bond acceptors (Lipinski definition) is 7. The first-order valence-electron chi connectivity index (χ1n) is 16.4. The van der Waals surface area contributed by atoms with E-state index in [0.717, 1.165) is 33.4 Å². The molecular formula is C41H35NO7S. The maximum Gasteiger partial charge on any atom is 0.336 e. The van der Waals surface area contributed by atoms with E-state index in [4.69, 9.17) is 9.47 Å². The monoisotopic (exact) mass is 685 g/mol. The number of carboxylic acid groups (broad SMARTS) is 1. The Hall–Kier alpha value is -5.06. The van der Waals surface area contributed by atoms with E-state index in [9.17, 15) is 24.6 Å². The zero-order valence-electron chi connectivity index (χ0n) is 27.3. The third-order valence-corrected chi connectivity index (χ3v) is 10.5. The van der Waals surface area contributed by atoms with Crippen LogP contribution in [0.2, 0.25) is 0 Å². The topological polar surface area (TPSA) is 113 Å². The number of imide groups is 1. The molecule has 5 aromatic rings. The minimum Gasteiger partial charge on any atom is -0.478 e. The molecule has 252 valence electrons. The number of benzene rings is 5. The Morgan fingerprint density at radius 3 is 2.08 bits per heavy atom. The van der Waals surface area contributed by atoms with Crippen molar-refractivity contribution in [1.82, 2.24) is 4.90 Å². The van der Waals surface area contributed by atoms with E-state index in [-0.39, 0.29) is 48.7 Å². The van der Waals surface area contributed by atoms with Gasteiger partial charge in [0.2, 0.25) is 0 Å². The summed E-state index contributed by atoms with van der Waals surface area (Å²) < 4.78 is 13.2. The molecule has 5 aromatic carbocycles. The Morgan fingerprint density at radius 2 is 1.40 bits per heavy atom. The van der Waals surface area contributed by atoms with Gasteiger partial charge in [-0.25, -0.2) is 4.79 Å². The fourth-order valence-electron chi connectivity index (χ4n) is 6.50. The summed E-state index contributed by atoms with van der Waals surface area (Å²) in [6, 6.07) is 37.3. The van der Waals surface area contributed by atoms with E-state index in [1.807, 2.05) is 84.9 Å². The van der Waals surface area contributed by atoms with Gasteiger partial charge in [-0.1, -0.05) is 97.9 Å². The molecule has 0 aromatic heterocycles.